The van der Waals surface area contributed by atoms with Gasteiger partial charge < -0.3 is 4.74 Å². The number of hydrogen-bond donors (Lipinski definition) is 0. The Balaban J connectivity index is 1.71. The lowest BCUT2D eigenvalue weighted by molar-refractivity contribution is -0.00926. The third-order valence-corrected chi connectivity index (χ3v) is 4.44. The van der Waals surface area contributed by atoms with E-state index in [-0.39, 0.29) is 11.1 Å². The summed E-state index contributed by atoms with van der Waals surface area (Å²) in [6, 6.07) is 8.51. The molecule has 2 nitrogen and oxygen atoms in total. The molecule has 2 heterocycles. The number of piperidine rings is 1. The lowest BCUT2D eigenvalue weighted by Crippen LogP contribution is -2.53. The number of fused-ring (bicyclic) bond motifs is 1. The molecule has 0 N–H and O–H groups in total. The number of ether oxygens (including phenoxy) is 1. The molecule has 0 amide bonds. The zero-order valence-electron chi connectivity index (χ0n) is 11.7. The average molecular weight is 245 g/mol. The van der Waals surface area contributed by atoms with Gasteiger partial charge >= 0.3 is 0 Å². The maximum absolute atomic E-state index is 6.27. The number of benzene rings is 1. The van der Waals surface area contributed by atoms with Crippen LogP contribution in [0.2, 0.25) is 0 Å². The van der Waals surface area contributed by atoms with Crippen molar-refractivity contribution in [2.24, 2.45) is 0 Å². The molecule has 18 heavy (non-hydrogen) atoms. The van der Waals surface area contributed by atoms with Gasteiger partial charge in [-0.2, -0.15) is 0 Å². The Morgan fingerprint density at radius 3 is 2.39 bits per heavy atom. The highest BCUT2D eigenvalue weighted by Crippen LogP contribution is 2.41. The monoisotopic (exact) mass is 245 g/mol. The van der Waals surface area contributed by atoms with E-state index in [1.807, 2.05) is 0 Å². The fourth-order valence-corrected chi connectivity index (χ4v) is 3.23. The van der Waals surface area contributed by atoms with Gasteiger partial charge in [0.2, 0.25) is 0 Å². The first kappa shape index (κ1) is 12.0. The van der Waals surface area contributed by atoms with Crippen LogP contribution >= 0.6 is 0 Å². The highest BCUT2D eigenvalue weighted by Gasteiger charge is 2.43. The number of nitrogens with zero attached hydrogens (tertiary/aromatic N) is 1. The Morgan fingerprint density at radius 2 is 1.78 bits per heavy atom. The zero-order chi connectivity index (χ0) is 12.8. The van der Waals surface area contributed by atoms with Gasteiger partial charge in [0.15, 0.2) is 0 Å². The first-order chi connectivity index (χ1) is 8.49. The van der Waals surface area contributed by atoms with Crippen molar-refractivity contribution in [3.05, 3.63) is 29.8 Å². The van der Waals surface area contributed by atoms with Gasteiger partial charge in [-0.3, -0.25) is 4.90 Å². The summed E-state index contributed by atoms with van der Waals surface area (Å²) >= 11 is 0. The average Bonchev–Trinajstić information content (AvgIpc) is 2.65. The SMILES string of the molecule is CC(C)(C)N1CCC2(CC1)Cc1ccccc1O2. The number of rotatable bonds is 0. The minimum Gasteiger partial charge on any atom is -0.487 e. The summed E-state index contributed by atoms with van der Waals surface area (Å²) in [5.41, 5.74) is 1.76. The van der Waals surface area contributed by atoms with Crippen LogP contribution in [0, 0.1) is 0 Å². The molecular weight excluding hydrogens is 222 g/mol. The van der Waals surface area contributed by atoms with Gasteiger partial charge in [0.05, 0.1) is 0 Å². The van der Waals surface area contributed by atoms with Crippen molar-refractivity contribution in [1.82, 2.24) is 4.90 Å². The second-order valence-corrected chi connectivity index (χ2v) is 6.73. The standard InChI is InChI=1S/C16H23NO/c1-15(2,3)17-10-8-16(9-11-17)12-13-6-4-5-7-14(13)18-16/h4-7H,8-12H2,1-3H3. The lowest BCUT2D eigenvalue weighted by Gasteiger charge is -2.44. The van der Waals surface area contributed by atoms with Crippen LogP contribution < -0.4 is 4.74 Å². The van der Waals surface area contributed by atoms with Crippen molar-refractivity contribution in [3.63, 3.8) is 0 Å². The second-order valence-electron chi connectivity index (χ2n) is 6.73. The molecule has 0 saturated carbocycles. The summed E-state index contributed by atoms with van der Waals surface area (Å²) in [6.45, 7) is 9.20. The molecule has 1 fully saturated rings. The predicted molar refractivity (Wildman–Crippen MR) is 74.1 cm³/mol. The van der Waals surface area contributed by atoms with Crippen molar-refractivity contribution in [1.29, 1.82) is 0 Å². The number of hydrogen-bond acceptors (Lipinski definition) is 2. The number of likely N-dealkylation sites (tertiary alicyclic amines) is 1. The Morgan fingerprint density at radius 1 is 1.11 bits per heavy atom. The van der Waals surface area contributed by atoms with E-state index in [1.165, 1.54) is 5.56 Å². The second kappa shape index (κ2) is 3.99. The largest absolute Gasteiger partial charge is 0.487 e. The van der Waals surface area contributed by atoms with E-state index < -0.39 is 0 Å². The minimum absolute atomic E-state index is 0.0887. The van der Waals surface area contributed by atoms with Gasteiger partial charge in [-0.1, -0.05) is 18.2 Å². The van der Waals surface area contributed by atoms with E-state index in [4.69, 9.17) is 4.74 Å². The molecule has 0 aliphatic carbocycles. The number of para-hydroxylation sites is 1. The fraction of sp³-hybridized carbons (Fsp3) is 0.625. The molecule has 0 bridgehead atoms. The van der Waals surface area contributed by atoms with E-state index in [1.54, 1.807) is 0 Å². The molecule has 0 aromatic heterocycles. The summed E-state index contributed by atoms with van der Waals surface area (Å²) in [4.78, 5) is 2.57. The van der Waals surface area contributed by atoms with Crippen LogP contribution in [0.5, 0.6) is 5.75 Å². The third-order valence-electron chi connectivity index (χ3n) is 4.44. The Hall–Kier alpha value is -1.02. The van der Waals surface area contributed by atoms with Crippen LogP contribution in [0.3, 0.4) is 0 Å². The molecule has 0 radical (unpaired) electrons. The van der Waals surface area contributed by atoms with Crippen LogP contribution in [0.15, 0.2) is 24.3 Å². The van der Waals surface area contributed by atoms with E-state index in [0.29, 0.717) is 0 Å². The first-order valence-electron chi connectivity index (χ1n) is 7.01. The predicted octanol–water partition coefficient (Wildman–Crippen LogP) is 3.25. The molecule has 1 spiro atoms. The molecule has 2 heteroatoms. The van der Waals surface area contributed by atoms with Crippen molar-refractivity contribution >= 4 is 0 Å². The van der Waals surface area contributed by atoms with Crippen molar-refractivity contribution in [2.75, 3.05) is 13.1 Å². The van der Waals surface area contributed by atoms with Crippen LogP contribution in [-0.2, 0) is 6.42 Å². The zero-order valence-corrected chi connectivity index (χ0v) is 11.7. The van der Waals surface area contributed by atoms with Gasteiger partial charge in [-0.05, 0) is 32.4 Å². The Kier molecular flexibility index (Phi) is 2.67. The molecule has 2 aliphatic heterocycles. The summed E-state index contributed by atoms with van der Waals surface area (Å²) < 4.78 is 6.27. The normalized spacial score (nSPS) is 22.8. The van der Waals surface area contributed by atoms with Gasteiger partial charge in [0.25, 0.3) is 0 Å². The van der Waals surface area contributed by atoms with Crippen molar-refractivity contribution in [3.8, 4) is 5.75 Å². The van der Waals surface area contributed by atoms with Gasteiger partial charge in [-0.25, -0.2) is 0 Å². The fourth-order valence-electron chi connectivity index (χ4n) is 3.23. The van der Waals surface area contributed by atoms with Gasteiger partial charge in [0, 0.05) is 37.9 Å². The molecule has 2 aliphatic rings. The molecular formula is C16H23NO. The van der Waals surface area contributed by atoms with Crippen LogP contribution in [-0.4, -0.2) is 29.1 Å². The molecule has 1 aromatic carbocycles. The molecule has 1 saturated heterocycles. The van der Waals surface area contributed by atoms with Crippen molar-refractivity contribution < 1.29 is 4.74 Å². The maximum Gasteiger partial charge on any atom is 0.123 e. The van der Waals surface area contributed by atoms with E-state index in [9.17, 15) is 0 Å². The summed E-state index contributed by atoms with van der Waals surface area (Å²) in [7, 11) is 0. The topological polar surface area (TPSA) is 12.5 Å². The van der Waals surface area contributed by atoms with Crippen LogP contribution in [0.25, 0.3) is 0 Å². The third kappa shape index (κ3) is 2.03. The quantitative estimate of drug-likeness (QED) is 0.695. The van der Waals surface area contributed by atoms with Crippen molar-refractivity contribution in [2.45, 2.75) is 51.2 Å². The smallest absolute Gasteiger partial charge is 0.123 e. The molecule has 3 rings (SSSR count). The lowest BCUT2D eigenvalue weighted by atomic mass is 9.85. The highest BCUT2D eigenvalue weighted by molar-refractivity contribution is 5.39. The van der Waals surface area contributed by atoms with E-state index in [2.05, 4.69) is 49.9 Å². The van der Waals surface area contributed by atoms with E-state index in [0.717, 1.165) is 38.1 Å². The Bertz CT molecular complexity index is 412. The molecule has 0 unspecified atom stereocenters. The molecule has 98 valence electrons. The van der Waals surface area contributed by atoms with E-state index >= 15 is 0 Å². The van der Waals surface area contributed by atoms with Crippen LogP contribution in [0.1, 0.15) is 39.2 Å². The Labute approximate surface area is 110 Å². The van der Waals surface area contributed by atoms with Gasteiger partial charge in [-0.15, -0.1) is 0 Å². The minimum atomic E-state index is 0.0887. The summed E-state index contributed by atoms with van der Waals surface area (Å²) in [5.74, 6) is 1.11. The molecule has 0 atom stereocenters. The molecule has 1 aromatic rings. The summed E-state index contributed by atoms with van der Waals surface area (Å²) in [6.07, 6.45) is 3.40. The maximum atomic E-state index is 6.27. The van der Waals surface area contributed by atoms with Crippen LogP contribution in [0.4, 0.5) is 0 Å². The first-order valence-corrected chi connectivity index (χ1v) is 7.01. The summed E-state index contributed by atoms with van der Waals surface area (Å²) in [5, 5.41) is 0. The highest BCUT2D eigenvalue weighted by atomic mass is 16.5. The van der Waals surface area contributed by atoms with Gasteiger partial charge in [0.1, 0.15) is 11.4 Å².